The van der Waals surface area contributed by atoms with Gasteiger partial charge in [0.25, 0.3) is 0 Å². The molecule has 13 heavy (non-hydrogen) atoms. The van der Waals surface area contributed by atoms with Gasteiger partial charge in [-0.3, -0.25) is 4.79 Å². The maximum atomic E-state index is 10.9. The van der Waals surface area contributed by atoms with Gasteiger partial charge in [-0.05, 0) is 24.8 Å². The maximum Gasteiger partial charge on any atom is 0.311 e. The molecule has 1 heterocycles. The minimum atomic E-state index is -0.830. The van der Waals surface area contributed by atoms with E-state index < -0.39 is 11.4 Å². The SMILES string of the molecule is CC(CN)(Cc1cccs1)C(=O)O. The molecule has 0 fully saturated rings. The number of hydrogen-bond donors (Lipinski definition) is 2. The highest BCUT2D eigenvalue weighted by Gasteiger charge is 2.31. The molecule has 0 spiro atoms. The molecule has 0 amide bonds. The zero-order valence-corrected chi connectivity index (χ0v) is 8.30. The smallest absolute Gasteiger partial charge is 0.311 e. The Morgan fingerprint density at radius 2 is 2.46 bits per heavy atom. The molecule has 1 rings (SSSR count). The van der Waals surface area contributed by atoms with Crippen molar-refractivity contribution >= 4 is 17.3 Å². The van der Waals surface area contributed by atoms with E-state index in [1.165, 1.54) is 0 Å². The molecule has 0 aromatic carbocycles. The van der Waals surface area contributed by atoms with Crippen molar-refractivity contribution < 1.29 is 9.90 Å². The van der Waals surface area contributed by atoms with Gasteiger partial charge in [-0.25, -0.2) is 0 Å². The first-order chi connectivity index (χ1) is 6.08. The van der Waals surface area contributed by atoms with E-state index in [0.717, 1.165) is 4.88 Å². The second-order valence-electron chi connectivity index (χ2n) is 3.33. The maximum absolute atomic E-state index is 10.9. The lowest BCUT2D eigenvalue weighted by Crippen LogP contribution is -2.37. The largest absolute Gasteiger partial charge is 0.481 e. The highest BCUT2D eigenvalue weighted by molar-refractivity contribution is 7.09. The van der Waals surface area contributed by atoms with Crippen molar-refractivity contribution in [3.8, 4) is 0 Å². The van der Waals surface area contributed by atoms with Crippen molar-refractivity contribution in [2.45, 2.75) is 13.3 Å². The Labute approximate surface area is 81.2 Å². The fourth-order valence-electron chi connectivity index (χ4n) is 1.03. The number of carboxylic acid groups (broad SMARTS) is 1. The number of carbonyl (C=O) groups is 1. The van der Waals surface area contributed by atoms with Crippen molar-refractivity contribution in [3.05, 3.63) is 22.4 Å². The van der Waals surface area contributed by atoms with Gasteiger partial charge in [0, 0.05) is 11.4 Å². The Morgan fingerprint density at radius 3 is 2.85 bits per heavy atom. The van der Waals surface area contributed by atoms with Gasteiger partial charge >= 0.3 is 5.97 Å². The van der Waals surface area contributed by atoms with Gasteiger partial charge in [0.15, 0.2) is 0 Å². The highest BCUT2D eigenvalue weighted by atomic mass is 32.1. The van der Waals surface area contributed by atoms with E-state index in [1.54, 1.807) is 18.3 Å². The summed E-state index contributed by atoms with van der Waals surface area (Å²) < 4.78 is 0. The lowest BCUT2D eigenvalue weighted by Gasteiger charge is -2.21. The summed E-state index contributed by atoms with van der Waals surface area (Å²) in [5.41, 5.74) is 4.62. The summed E-state index contributed by atoms with van der Waals surface area (Å²) in [4.78, 5) is 12.0. The minimum absolute atomic E-state index is 0.167. The van der Waals surface area contributed by atoms with Crippen molar-refractivity contribution in [2.75, 3.05) is 6.54 Å². The number of thiophene rings is 1. The van der Waals surface area contributed by atoms with Gasteiger partial charge in [-0.2, -0.15) is 0 Å². The number of rotatable bonds is 4. The van der Waals surface area contributed by atoms with E-state index in [0.29, 0.717) is 6.42 Å². The summed E-state index contributed by atoms with van der Waals surface area (Å²) in [7, 11) is 0. The lowest BCUT2D eigenvalue weighted by molar-refractivity contribution is -0.147. The number of nitrogens with two attached hydrogens (primary N) is 1. The van der Waals surface area contributed by atoms with Gasteiger partial charge in [0.05, 0.1) is 5.41 Å². The predicted molar refractivity (Wildman–Crippen MR) is 52.8 cm³/mol. The lowest BCUT2D eigenvalue weighted by atomic mass is 9.86. The van der Waals surface area contributed by atoms with Crippen LogP contribution in [0, 0.1) is 5.41 Å². The van der Waals surface area contributed by atoms with E-state index in [4.69, 9.17) is 10.8 Å². The van der Waals surface area contributed by atoms with Crippen LogP contribution in [0.5, 0.6) is 0 Å². The molecule has 0 saturated heterocycles. The molecular weight excluding hydrogens is 186 g/mol. The zero-order chi connectivity index (χ0) is 9.90. The molecule has 72 valence electrons. The molecule has 3 nitrogen and oxygen atoms in total. The molecule has 0 bridgehead atoms. The first-order valence-electron chi connectivity index (χ1n) is 4.04. The second kappa shape index (κ2) is 3.89. The van der Waals surface area contributed by atoms with Crippen LogP contribution in [0.15, 0.2) is 17.5 Å². The van der Waals surface area contributed by atoms with Crippen LogP contribution in [-0.4, -0.2) is 17.6 Å². The summed E-state index contributed by atoms with van der Waals surface area (Å²) >= 11 is 1.56. The standard InChI is InChI=1S/C9H13NO2S/c1-9(6-10,8(11)12)5-7-3-2-4-13-7/h2-4H,5-6,10H2,1H3,(H,11,12). The van der Waals surface area contributed by atoms with E-state index in [9.17, 15) is 4.79 Å². The molecule has 1 unspecified atom stereocenters. The van der Waals surface area contributed by atoms with Crippen LogP contribution in [0.1, 0.15) is 11.8 Å². The fraction of sp³-hybridized carbons (Fsp3) is 0.444. The highest BCUT2D eigenvalue weighted by Crippen LogP contribution is 2.24. The topological polar surface area (TPSA) is 63.3 Å². The summed E-state index contributed by atoms with van der Waals surface area (Å²) in [6.07, 6.45) is 0.510. The molecule has 0 aliphatic rings. The second-order valence-corrected chi connectivity index (χ2v) is 4.36. The molecule has 4 heteroatoms. The summed E-state index contributed by atoms with van der Waals surface area (Å²) in [5.74, 6) is -0.830. The first kappa shape index (κ1) is 10.2. The number of aliphatic carboxylic acids is 1. The summed E-state index contributed by atoms with van der Waals surface area (Å²) in [5, 5.41) is 10.9. The van der Waals surface area contributed by atoms with E-state index >= 15 is 0 Å². The normalized spacial score (nSPS) is 15.2. The molecule has 0 aliphatic heterocycles. The van der Waals surface area contributed by atoms with Crippen LogP contribution >= 0.6 is 11.3 Å². The molecule has 1 aromatic heterocycles. The van der Waals surface area contributed by atoms with Crippen molar-refractivity contribution in [2.24, 2.45) is 11.1 Å². The summed E-state index contributed by atoms with van der Waals surface area (Å²) in [6, 6.07) is 3.85. The molecule has 1 aromatic rings. The average molecular weight is 199 g/mol. The average Bonchev–Trinajstić information content (AvgIpc) is 2.56. The molecule has 0 saturated carbocycles. The molecule has 0 aliphatic carbocycles. The van der Waals surface area contributed by atoms with Crippen molar-refractivity contribution in [1.82, 2.24) is 0 Å². The Bertz CT molecular complexity index is 284. The molecule has 3 N–H and O–H groups in total. The van der Waals surface area contributed by atoms with Gasteiger partial charge in [0.2, 0.25) is 0 Å². The molecule has 1 atom stereocenters. The minimum Gasteiger partial charge on any atom is -0.481 e. The predicted octanol–water partition coefficient (Wildman–Crippen LogP) is 1.34. The molecular formula is C9H13NO2S. The van der Waals surface area contributed by atoms with Crippen LogP contribution in [0.2, 0.25) is 0 Å². The van der Waals surface area contributed by atoms with Gasteiger partial charge in [-0.1, -0.05) is 6.07 Å². The Kier molecular flexibility index (Phi) is 3.06. The van der Waals surface area contributed by atoms with E-state index in [2.05, 4.69) is 0 Å². The Morgan fingerprint density at radius 1 is 1.77 bits per heavy atom. The van der Waals surface area contributed by atoms with Gasteiger partial charge in [-0.15, -0.1) is 11.3 Å². The third-order valence-electron chi connectivity index (χ3n) is 2.11. The van der Waals surface area contributed by atoms with Crippen LogP contribution in [-0.2, 0) is 11.2 Å². The zero-order valence-electron chi connectivity index (χ0n) is 7.49. The van der Waals surface area contributed by atoms with Crippen LogP contribution in [0.3, 0.4) is 0 Å². The van der Waals surface area contributed by atoms with Crippen LogP contribution in [0.4, 0.5) is 0 Å². The van der Waals surface area contributed by atoms with Crippen LogP contribution < -0.4 is 5.73 Å². The van der Waals surface area contributed by atoms with E-state index in [1.807, 2.05) is 17.5 Å². The van der Waals surface area contributed by atoms with Crippen molar-refractivity contribution in [3.63, 3.8) is 0 Å². The van der Waals surface area contributed by atoms with E-state index in [-0.39, 0.29) is 6.54 Å². The third kappa shape index (κ3) is 2.29. The van der Waals surface area contributed by atoms with Gasteiger partial charge < -0.3 is 10.8 Å². The summed E-state index contributed by atoms with van der Waals surface area (Å²) in [6.45, 7) is 1.84. The fourth-order valence-corrected chi connectivity index (χ4v) is 1.92. The Hall–Kier alpha value is -0.870. The third-order valence-corrected chi connectivity index (χ3v) is 2.99. The monoisotopic (exact) mass is 199 g/mol. The number of hydrogen-bond acceptors (Lipinski definition) is 3. The van der Waals surface area contributed by atoms with Gasteiger partial charge in [0.1, 0.15) is 0 Å². The Balaban J connectivity index is 2.75. The molecule has 0 radical (unpaired) electrons. The first-order valence-corrected chi connectivity index (χ1v) is 4.92. The van der Waals surface area contributed by atoms with Crippen molar-refractivity contribution in [1.29, 1.82) is 0 Å². The van der Waals surface area contributed by atoms with Crippen LogP contribution in [0.25, 0.3) is 0 Å². The quantitative estimate of drug-likeness (QED) is 0.769. The number of carboxylic acids is 1.